The first kappa shape index (κ1) is 11.6. The molecule has 1 aliphatic heterocycles. The van der Waals surface area contributed by atoms with Crippen LogP contribution in [0.1, 0.15) is 0 Å². The molecular weight excluding hydrogens is 234 g/mol. The molecule has 0 aliphatic carbocycles. The summed E-state index contributed by atoms with van der Waals surface area (Å²) in [5, 5.41) is 0. The van der Waals surface area contributed by atoms with Gasteiger partial charge in [0.15, 0.2) is 0 Å². The van der Waals surface area contributed by atoms with Gasteiger partial charge in [0.25, 0.3) is 0 Å². The van der Waals surface area contributed by atoms with Crippen molar-refractivity contribution >= 4 is 0 Å². The largest absolute Gasteiger partial charge is 0.402 e. The van der Waals surface area contributed by atoms with Crippen LogP contribution >= 0.6 is 0 Å². The molecule has 1 saturated heterocycles. The van der Waals surface area contributed by atoms with Crippen LogP contribution in [0, 0.1) is 0 Å². The highest BCUT2D eigenvalue weighted by molar-refractivity contribution is 4.67. The molecule has 1 unspecified atom stereocenters. The molecule has 0 saturated carbocycles. The number of H-pyrrole nitrogens is 2. The molecule has 9 nitrogen and oxygen atoms in total. The number of nitrogens with one attached hydrogen (secondary N) is 2. The maximum absolute atomic E-state index is 11.1. The Kier molecular flexibility index (Phi) is 3.40. The number of hydrogen-bond acceptors (Lipinski definition) is 6. The van der Waals surface area contributed by atoms with Gasteiger partial charge in [-0.15, -0.1) is 0 Å². The second-order valence-electron chi connectivity index (χ2n) is 3.35. The summed E-state index contributed by atoms with van der Waals surface area (Å²) in [4.78, 5) is 41.6. The normalized spacial score (nSPS) is 18.0. The summed E-state index contributed by atoms with van der Waals surface area (Å²) in [7, 11) is 0. The van der Waals surface area contributed by atoms with Gasteiger partial charge in [0.05, 0.1) is 19.8 Å². The van der Waals surface area contributed by atoms with Crippen LogP contribution < -0.4 is 21.9 Å². The Morgan fingerprint density at radius 1 is 1.24 bits per heavy atom. The average molecular weight is 245 g/mol. The van der Waals surface area contributed by atoms with Gasteiger partial charge in [-0.2, -0.15) is 0 Å². The van der Waals surface area contributed by atoms with E-state index in [-0.39, 0.29) is 19.3 Å². The molecule has 2 N–H and O–H groups in total. The average Bonchev–Trinajstić information content (AvgIpc) is 3.04. The summed E-state index contributed by atoms with van der Waals surface area (Å²) in [6, 6.07) is 0. The SMILES string of the molecule is O=c1[nH]c(=O)n(OCCOCC2CO2)c(=O)[nH]1. The Hall–Kier alpha value is -1.87. The summed E-state index contributed by atoms with van der Waals surface area (Å²) in [5.41, 5.74) is -2.73. The van der Waals surface area contributed by atoms with Gasteiger partial charge >= 0.3 is 17.1 Å². The van der Waals surface area contributed by atoms with Crippen LogP contribution in [0.25, 0.3) is 0 Å². The van der Waals surface area contributed by atoms with Crippen molar-refractivity contribution in [3.8, 4) is 0 Å². The van der Waals surface area contributed by atoms with E-state index in [1.165, 1.54) is 0 Å². The molecule has 0 radical (unpaired) electrons. The van der Waals surface area contributed by atoms with E-state index in [1.54, 1.807) is 0 Å². The van der Waals surface area contributed by atoms with Crippen LogP contribution in [-0.2, 0) is 9.47 Å². The minimum absolute atomic E-state index is 0.0156. The first-order chi connectivity index (χ1) is 8.16. The molecule has 2 rings (SSSR count). The lowest BCUT2D eigenvalue weighted by Gasteiger charge is -2.05. The number of hydrogen-bond donors (Lipinski definition) is 2. The molecule has 0 bridgehead atoms. The van der Waals surface area contributed by atoms with E-state index in [1.807, 2.05) is 9.97 Å². The molecule has 1 aliphatic rings. The minimum Gasteiger partial charge on any atom is -0.402 e. The highest BCUT2D eigenvalue weighted by atomic mass is 16.7. The van der Waals surface area contributed by atoms with Gasteiger partial charge in [-0.3, -0.25) is 9.97 Å². The third-order valence-electron chi connectivity index (χ3n) is 1.96. The van der Waals surface area contributed by atoms with E-state index in [0.29, 0.717) is 17.9 Å². The molecule has 2 heterocycles. The predicted molar refractivity (Wildman–Crippen MR) is 53.9 cm³/mol. The molecule has 0 spiro atoms. The number of aromatic nitrogens is 3. The quantitative estimate of drug-likeness (QED) is 0.409. The Balaban J connectivity index is 1.83. The van der Waals surface area contributed by atoms with Crippen molar-refractivity contribution in [3.05, 3.63) is 31.5 Å². The first-order valence-corrected chi connectivity index (χ1v) is 4.95. The summed E-state index contributed by atoms with van der Waals surface area (Å²) in [6.07, 6.45) is 0.147. The summed E-state index contributed by atoms with van der Waals surface area (Å²) in [6.45, 7) is 1.38. The molecule has 1 aromatic rings. The number of rotatable bonds is 6. The van der Waals surface area contributed by atoms with E-state index in [2.05, 4.69) is 0 Å². The van der Waals surface area contributed by atoms with Crippen LogP contribution in [0.4, 0.5) is 0 Å². The van der Waals surface area contributed by atoms with Crippen molar-refractivity contribution in [2.45, 2.75) is 6.10 Å². The second kappa shape index (κ2) is 4.97. The van der Waals surface area contributed by atoms with Gasteiger partial charge in [-0.05, 0) is 0 Å². The molecule has 0 amide bonds. The van der Waals surface area contributed by atoms with Crippen molar-refractivity contribution in [2.24, 2.45) is 0 Å². The number of epoxide rings is 1. The molecular formula is C8H11N3O6. The van der Waals surface area contributed by atoms with Crippen molar-refractivity contribution in [2.75, 3.05) is 26.4 Å². The highest BCUT2D eigenvalue weighted by Gasteiger charge is 2.22. The third-order valence-corrected chi connectivity index (χ3v) is 1.96. The zero-order chi connectivity index (χ0) is 12.3. The fraction of sp³-hybridized carbons (Fsp3) is 0.625. The van der Waals surface area contributed by atoms with Crippen LogP contribution in [0.15, 0.2) is 14.4 Å². The van der Waals surface area contributed by atoms with Gasteiger partial charge in [-0.1, -0.05) is 4.73 Å². The Bertz CT molecular complexity index is 505. The number of nitrogens with zero attached hydrogens (tertiary/aromatic N) is 1. The maximum Gasteiger partial charge on any atom is 0.367 e. The van der Waals surface area contributed by atoms with Crippen LogP contribution in [0.3, 0.4) is 0 Å². The van der Waals surface area contributed by atoms with Gasteiger partial charge in [-0.25, -0.2) is 14.4 Å². The van der Waals surface area contributed by atoms with Crippen molar-refractivity contribution < 1.29 is 14.3 Å². The lowest BCUT2D eigenvalue weighted by Crippen LogP contribution is -2.47. The van der Waals surface area contributed by atoms with Gasteiger partial charge < -0.3 is 14.3 Å². The lowest BCUT2D eigenvalue weighted by molar-refractivity contribution is 0.0229. The van der Waals surface area contributed by atoms with Crippen molar-refractivity contribution in [3.63, 3.8) is 0 Å². The summed E-state index contributed by atoms with van der Waals surface area (Å²) in [5.74, 6) is 0. The predicted octanol–water partition coefficient (Wildman–Crippen LogP) is -2.93. The molecule has 9 heteroatoms. The fourth-order valence-corrected chi connectivity index (χ4v) is 1.10. The van der Waals surface area contributed by atoms with Gasteiger partial charge in [0.2, 0.25) is 0 Å². The smallest absolute Gasteiger partial charge is 0.367 e. The van der Waals surface area contributed by atoms with Crippen molar-refractivity contribution in [1.82, 2.24) is 14.7 Å². The van der Waals surface area contributed by atoms with Crippen molar-refractivity contribution in [1.29, 1.82) is 0 Å². The van der Waals surface area contributed by atoms with E-state index >= 15 is 0 Å². The molecule has 1 atom stereocenters. The second-order valence-corrected chi connectivity index (χ2v) is 3.35. The molecule has 17 heavy (non-hydrogen) atoms. The molecule has 94 valence electrons. The van der Waals surface area contributed by atoms with E-state index in [4.69, 9.17) is 14.3 Å². The van der Waals surface area contributed by atoms with E-state index in [9.17, 15) is 14.4 Å². The maximum atomic E-state index is 11.1. The molecule has 1 fully saturated rings. The number of aromatic amines is 2. The number of ether oxygens (including phenoxy) is 2. The van der Waals surface area contributed by atoms with Crippen LogP contribution in [0.5, 0.6) is 0 Å². The summed E-state index contributed by atoms with van der Waals surface area (Å²) < 4.78 is 10.5. The zero-order valence-electron chi connectivity index (χ0n) is 8.80. The van der Waals surface area contributed by atoms with E-state index in [0.717, 1.165) is 0 Å². The standard InChI is InChI=1S/C8H11N3O6/c12-6-9-7(13)11(8(14)10-6)17-2-1-15-3-5-4-16-5/h5H,1-4H2,(H2,9,10,12,13,14). The molecule has 1 aromatic heterocycles. The minimum atomic E-state index is -0.927. The first-order valence-electron chi connectivity index (χ1n) is 4.95. The third kappa shape index (κ3) is 3.29. The fourth-order valence-electron chi connectivity index (χ4n) is 1.10. The Morgan fingerprint density at radius 3 is 2.47 bits per heavy atom. The lowest BCUT2D eigenvalue weighted by atomic mass is 10.5. The van der Waals surface area contributed by atoms with Gasteiger partial charge in [0.1, 0.15) is 12.7 Å². The monoisotopic (exact) mass is 245 g/mol. The van der Waals surface area contributed by atoms with Crippen LogP contribution in [0.2, 0.25) is 0 Å². The van der Waals surface area contributed by atoms with Gasteiger partial charge in [0, 0.05) is 0 Å². The topological polar surface area (TPSA) is 119 Å². The van der Waals surface area contributed by atoms with E-state index < -0.39 is 17.1 Å². The Labute approximate surface area is 93.9 Å². The Morgan fingerprint density at radius 2 is 1.88 bits per heavy atom. The highest BCUT2D eigenvalue weighted by Crippen LogP contribution is 2.07. The van der Waals surface area contributed by atoms with Crippen LogP contribution in [-0.4, -0.2) is 47.2 Å². The summed E-state index contributed by atoms with van der Waals surface area (Å²) >= 11 is 0. The molecule has 0 aromatic carbocycles. The zero-order valence-corrected chi connectivity index (χ0v) is 8.80.